The highest BCUT2D eigenvalue weighted by Crippen LogP contribution is 2.25. The van der Waals surface area contributed by atoms with E-state index < -0.39 is 36.3 Å². The number of alkyl carbamates (subject to hydrolysis) is 1. The number of benzene rings is 1. The average Bonchev–Trinajstić information content (AvgIpc) is 2.87. The lowest BCUT2D eigenvalue weighted by atomic mass is 9.99. The van der Waals surface area contributed by atoms with Gasteiger partial charge >= 0.3 is 6.09 Å². The molecule has 0 spiro atoms. The van der Waals surface area contributed by atoms with Gasteiger partial charge in [-0.3, -0.25) is 9.59 Å². The maximum atomic E-state index is 13.9. The summed E-state index contributed by atoms with van der Waals surface area (Å²) in [4.78, 5) is 41.7. The maximum Gasteiger partial charge on any atom is 0.408 e. The summed E-state index contributed by atoms with van der Waals surface area (Å²) in [5, 5.41) is 15.7. The predicted molar refractivity (Wildman–Crippen MR) is 156 cm³/mol. The summed E-state index contributed by atoms with van der Waals surface area (Å²) in [6, 6.07) is 5.54. The first-order chi connectivity index (χ1) is 18.5. The number of unbranched alkanes of at least 4 members (excludes halogenated alkanes) is 5. The van der Waals surface area contributed by atoms with Gasteiger partial charge in [0.15, 0.2) is 0 Å². The second-order valence-corrected chi connectivity index (χ2v) is 11.4. The normalized spacial score (nSPS) is 13.7. The molecule has 0 aliphatic rings. The number of amides is 3. The van der Waals surface area contributed by atoms with E-state index in [-0.39, 0.29) is 11.9 Å². The summed E-state index contributed by atoms with van der Waals surface area (Å²) >= 11 is 0. The number of ether oxygens (including phenoxy) is 1. The fraction of sp³-hybridized carbons (Fsp3) is 0.710. The molecule has 3 atom stereocenters. The SMILES string of the molecule is CCCCCCCCN(C(=O)C(CO)NC(=O)OC(C)(C)C)C(C(=O)NC(C)CCC)c1ccc(CC)cc1. The minimum absolute atomic E-state index is 0.0561. The Morgan fingerprint density at radius 1 is 0.923 bits per heavy atom. The zero-order chi connectivity index (χ0) is 29.4. The molecule has 1 rings (SSSR count). The molecule has 0 aliphatic heterocycles. The molecule has 3 N–H and O–H groups in total. The van der Waals surface area contributed by atoms with Crippen LogP contribution in [-0.2, 0) is 20.7 Å². The molecule has 0 radical (unpaired) electrons. The number of nitrogens with one attached hydrogen (secondary N) is 2. The molecule has 0 aliphatic carbocycles. The van der Waals surface area contributed by atoms with Gasteiger partial charge < -0.3 is 25.4 Å². The molecular weight excluding hydrogens is 494 g/mol. The molecule has 8 nitrogen and oxygen atoms in total. The van der Waals surface area contributed by atoms with Crippen LogP contribution in [0.5, 0.6) is 0 Å². The predicted octanol–water partition coefficient (Wildman–Crippen LogP) is 5.67. The van der Waals surface area contributed by atoms with Gasteiger partial charge in [-0.1, -0.05) is 83.6 Å². The molecule has 1 aromatic carbocycles. The summed E-state index contributed by atoms with van der Waals surface area (Å²) in [6.45, 7) is 13.1. The number of rotatable bonds is 17. The Morgan fingerprint density at radius 2 is 1.54 bits per heavy atom. The van der Waals surface area contributed by atoms with Crippen LogP contribution in [0.25, 0.3) is 0 Å². The van der Waals surface area contributed by atoms with Gasteiger partial charge in [0.25, 0.3) is 0 Å². The molecule has 0 saturated carbocycles. The van der Waals surface area contributed by atoms with Crippen molar-refractivity contribution in [1.29, 1.82) is 0 Å². The topological polar surface area (TPSA) is 108 Å². The Hall–Kier alpha value is -2.61. The number of aryl methyl sites for hydroxylation is 1. The summed E-state index contributed by atoms with van der Waals surface area (Å²) in [5.74, 6) is -0.784. The van der Waals surface area contributed by atoms with Crippen molar-refractivity contribution in [3.05, 3.63) is 35.4 Å². The van der Waals surface area contributed by atoms with Crippen molar-refractivity contribution < 1.29 is 24.2 Å². The van der Waals surface area contributed by atoms with Crippen molar-refractivity contribution in [2.24, 2.45) is 0 Å². The summed E-state index contributed by atoms with van der Waals surface area (Å²) in [7, 11) is 0. The van der Waals surface area contributed by atoms with Crippen LogP contribution >= 0.6 is 0 Å². The monoisotopic (exact) mass is 547 g/mol. The Kier molecular flexibility index (Phi) is 15.8. The van der Waals surface area contributed by atoms with Gasteiger partial charge in [-0.25, -0.2) is 4.79 Å². The molecule has 0 saturated heterocycles. The standard InChI is InChI=1S/C31H53N3O5/c1-8-11-12-13-14-15-21-34(29(37)26(22-35)33-30(38)39-31(5,6)7)27(28(36)32-23(4)16-9-2)25-19-17-24(10-3)18-20-25/h17-20,23,26-27,35H,8-16,21-22H2,1-7H3,(H,32,36)(H,33,38). The van der Waals surface area contributed by atoms with Gasteiger partial charge in [-0.05, 0) is 58.1 Å². The van der Waals surface area contributed by atoms with Crippen LogP contribution in [0.1, 0.15) is 117 Å². The van der Waals surface area contributed by atoms with E-state index in [0.29, 0.717) is 18.5 Å². The Bertz CT molecular complexity index is 866. The van der Waals surface area contributed by atoms with E-state index >= 15 is 0 Å². The smallest absolute Gasteiger partial charge is 0.408 e. The Labute approximate surface area is 236 Å². The van der Waals surface area contributed by atoms with Crippen LogP contribution in [-0.4, -0.2) is 58.8 Å². The third-order valence-corrected chi connectivity index (χ3v) is 6.58. The quantitative estimate of drug-likeness (QED) is 0.218. The second-order valence-electron chi connectivity index (χ2n) is 11.4. The number of aliphatic hydroxyl groups is 1. The van der Waals surface area contributed by atoms with Gasteiger partial charge in [-0.2, -0.15) is 0 Å². The average molecular weight is 548 g/mol. The number of carbonyl (C=O) groups is 3. The molecule has 8 heteroatoms. The van der Waals surface area contributed by atoms with Gasteiger partial charge in [-0.15, -0.1) is 0 Å². The van der Waals surface area contributed by atoms with E-state index in [2.05, 4.69) is 31.4 Å². The van der Waals surface area contributed by atoms with Gasteiger partial charge in [0, 0.05) is 12.6 Å². The van der Waals surface area contributed by atoms with Crippen molar-refractivity contribution in [2.75, 3.05) is 13.2 Å². The highest BCUT2D eigenvalue weighted by Gasteiger charge is 2.36. The van der Waals surface area contributed by atoms with E-state index in [1.807, 2.05) is 31.2 Å². The summed E-state index contributed by atoms with van der Waals surface area (Å²) in [6.07, 6.45) is 7.92. The highest BCUT2D eigenvalue weighted by atomic mass is 16.6. The van der Waals surface area contributed by atoms with Crippen molar-refractivity contribution in [3.63, 3.8) is 0 Å². The van der Waals surface area contributed by atoms with Crippen molar-refractivity contribution in [1.82, 2.24) is 15.5 Å². The first-order valence-corrected chi connectivity index (χ1v) is 14.8. The number of hydrogen-bond acceptors (Lipinski definition) is 5. The van der Waals surface area contributed by atoms with Gasteiger partial charge in [0.05, 0.1) is 6.61 Å². The summed E-state index contributed by atoms with van der Waals surface area (Å²) < 4.78 is 5.32. The minimum atomic E-state index is -1.24. The van der Waals surface area contributed by atoms with Crippen LogP contribution in [0.3, 0.4) is 0 Å². The van der Waals surface area contributed by atoms with Crippen molar-refractivity contribution in [3.8, 4) is 0 Å². The second kappa shape index (κ2) is 17.9. The maximum absolute atomic E-state index is 13.9. The lowest BCUT2D eigenvalue weighted by Gasteiger charge is -2.35. The van der Waals surface area contributed by atoms with Gasteiger partial charge in [0.1, 0.15) is 17.7 Å². The largest absolute Gasteiger partial charge is 0.444 e. The molecule has 39 heavy (non-hydrogen) atoms. The third-order valence-electron chi connectivity index (χ3n) is 6.58. The van der Waals surface area contributed by atoms with Crippen molar-refractivity contribution >= 4 is 17.9 Å². The minimum Gasteiger partial charge on any atom is -0.444 e. The Balaban J connectivity index is 3.37. The number of hydrogen-bond donors (Lipinski definition) is 3. The molecule has 3 amide bonds. The number of nitrogens with zero attached hydrogens (tertiary/aromatic N) is 1. The first kappa shape index (κ1) is 34.4. The molecule has 0 heterocycles. The Morgan fingerprint density at radius 3 is 2.08 bits per heavy atom. The van der Waals surface area contributed by atoms with Crippen LogP contribution in [0, 0.1) is 0 Å². The molecule has 222 valence electrons. The molecule has 0 bridgehead atoms. The highest BCUT2D eigenvalue weighted by molar-refractivity contribution is 5.92. The van der Waals surface area contributed by atoms with E-state index in [9.17, 15) is 19.5 Å². The number of carbonyl (C=O) groups excluding carboxylic acids is 3. The van der Waals surface area contributed by atoms with Crippen LogP contribution in [0.15, 0.2) is 24.3 Å². The fourth-order valence-electron chi connectivity index (χ4n) is 4.50. The number of aliphatic hydroxyl groups excluding tert-OH is 1. The van der Waals surface area contributed by atoms with Crippen molar-refractivity contribution in [2.45, 2.75) is 130 Å². The molecule has 0 aromatic heterocycles. The fourth-order valence-corrected chi connectivity index (χ4v) is 4.50. The molecular formula is C31H53N3O5. The van der Waals surface area contributed by atoms with Gasteiger partial charge in [0.2, 0.25) is 11.8 Å². The van der Waals surface area contributed by atoms with E-state index in [1.54, 1.807) is 20.8 Å². The zero-order valence-electron chi connectivity index (χ0n) is 25.3. The first-order valence-electron chi connectivity index (χ1n) is 14.8. The molecule has 3 unspecified atom stereocenters. The van der Waals surface area contributed by atoms with Crippen LogP contribution in [0.4, 0.5) is 4.79 Å². The van der Waals surface area contributed by atoms with E-state index in [4.69, 9.17) is 4.74 Å². The van der Waals surface area contributed by atoms with Crippen LogP contribution < -0.4 is 10.6 Å². The lowest BCUT2D eigenvalue weighted by molar-refractivity contribution is -0.143. The lowest BCUT2D eigenvalue weighted by Crippen LogP contribution is -2.55. The van der Waals surface area contributed by atoms with E-state index in [1.165, 1.54) is 11.3 Å². The van der Waals surface area contributed by atoms with Crippen LogP contribution in [0.2, 0.25) is 0 Å². The third kappa shape index (κ3) is 12.9. The van der Waals surface area contributed by atoms with E-state index in [0.717, 1.165) is 50.5 Å². The molecule has 1 aromatic rings. The molecule has 0 fully saturated rings. The summed E-state index contributed by atoms with van der Waals surface area (Å²) in [5.41, 5.74) is 1.07. The zero-order valence-corrected chi connectivity index (χ0v) is 25.3.